The lowest BCUT2D eigenvalue weighted by molar-refractivity contribution is -0.111. The van der Waals surface area contributed by atoms with Crippen molar-refractivity contribution in [2.24, 2.45) is 0 Å². The van der Waals surface area contributed by atoms with E-state index in [-0.39, 0.29) is 5.91 Å². The number of nitrogens with one attached hydrogen (secondary N) is 1. The highest BCUT2D eigenvalue weighted by Gasteiger charge is 2.07. The van der Waals surface area contributed by atoms with Crippen molar-refractivity contribution in [1.29, 1.82) is 0 Å². The van der Waals surface area contributed by atoms with E-state index in [1.165, 1.54) is 6.08 Å². The third kappa shape index (κ3) is 4.42. The van der Waals surface area contributed by atoms with Gasteiger partial charge in [0.2, 0.25) is 5.91 Å². The SMILES string of the molecule is O=C(/C=C/c1cn(Cc2ccccc2)nn1)Nc1ccccc1-c1cccs1. The minimum atomic E-state index is -0.207. The van der Waals surface area contributed by atoms with Crippen molar-refractivity contribution in [1.82, 2.24) is 15.0 Å². The Morgan fingerprint density at radius 1 is 1.04 bits per heavy atom. The van der Waals surface area contributed by atoms with Crippen molar-refractivity contribution >= 4 is 29.0 Å². The lowest BCUT2D eigenvalue weighted by Gasteiger charge is -2.08. The van der Waals surface area contributed by atoms with Gasteiger partial charge in [0.25, 0.3) is 0 Å². The standard InChI is InChI=1S/C22H18N4OS/c27-22(23-20-10-5-4-9-19(20)21-11-6-14-28-21)13-12-18-16-26(25-24-18)15-17-7-2-1-3-8-17/h1-14,16H,15H2,(H,23,27)/b13-12+. The summed E-state index contributed by atoms with van der Waals surface area (Å²) in [5.74, 6) is -0.207. The molecule has 0 saturated carbocycles. The van der Waals surface area contributed by atoms with Crippen molar-refractivity contribution in [2.45, 2.75) is 6.54 Å². The summed E-state index contributed by atoms with van der Waals surface area (Å²) in [6.07, 6.45) is 4.95. The van der Waals surface area contributed by atoms with Crippen LogP contribution in [-0.4, -0.2) is 20.9 Å². The van der Waals surface area contributed by atoms with Gasteiger partial charge in [-0.25, -0.2) is 4.68 Å². The number of anilines is 1. The molecule has 0 aliphatic rings. The van der Waals surface area contributed by atoms with E-state index < -0.39 is 0 Å². The number of thiophene rings is 1. The number of rotatable bonds is 6. The van der Waals surface area contributed by atoms with Crippen LogP contribution in [0.4, 0.5) is 5.69 Å². The molecule has 138 valence electrons. The first-order chi connectivity index (χ1) is 13.8. The fourth-order valence-corrected chi connectivity index (χ4v) is 3.58. The normalized spacial score (nSPS) is 11.0. The molecule has 4 aromatic rings. The van der Waals surface area contributed by atoms with Gasteiger partial charge in [0.05, 0.1) is 12.7 Å². The average molecular weight is 386 g/mol. The van der Waals surface area contributed by atoms with Crippen molar-refractivity contribution < 1.29 is 4.79 Å². The summed E-state index contributed by atoms with van der Waals surface area (Å²) < 4.78 is 1.75. The summed E-state index contributed by atoms with van der Waals surface area (Å²) >= 11 is 1.64. The molecular weight excluding hydrogens is 368 g/mol. The summed E-state index contributed by atoms with van der Waals surface area (Å²) in [6.45, 7) is 0.641. The van der Waals surface area contributed by atoms with Crippen LogP contribution in [0.1, 0.15) is 11.3 Å². The molecule has 5 nitrogen and oxygen atoms in total. The summed E-state index contributed by atoms with van der Waals surface area (Å²) in [6, 6.07) is 21.8. The van der Waals surface area contributed by atoms with Crippen LogP contribution in [0, 0.1) is 0 Å². The maximum Gasteiger partial charge on any atom is 0.248 e. The number of amides is 1. The van der Waals surface area contributed by atoms with Gasteiger partial charge in [0.15, 0.2) is 0 Å². The van der Waals surface area contributed by atoms with E-state index in [9.17, 15) is 4.79 Å². The largest absolute Gasteiger partial charge is 0.322 e. The van der Waals surface area contributed by atoms with Crippen LogP contribution in [0.2, 0.25) is 0 Å². The molecule has 4 rings (SSSR count). The zero-order valence-electron chi connectivity index (χ0n) is 15.0. The Labute approximate surface area is 167 Å². The van der Waals surface area contributed by atoms with E-state index in [4.69, 9.17) is 0 Å². The Hall–Kier alpha value is -3.51. The summed E-state index contributed by atoms with van der Waals surface area (Å²) in [4.78, 5) is 13.5. The quantitative estimate of drug-likeness (QED) is 0.488. The average Bonchev–Trinajstić information content (AvgIpc) is 3.40. The van der Waals surface area contributed by atoms with Crippen LogP contribution in [0.5, 0.6) is 0 Å². The van der Waals surface area contributed by atoms with Crippen LogP contribution < -0.4 is 5.32 Å². The Morgan fingerprint density at radius 3 is 2.68 bits per heavy atom. The van der Waals surface area contributed by atoms with Gasteiger partial charge in [-0.2, -0.15) is 0 Å². The first kappa shape index (κ1) is 17.9. The molecule has 0 fully saturated rings. The molecule has 2 aromatic carbocycles. The highest BCUT2D eigenvalue weighted by molar-refractivity contribution is 7.13. The Morgan fingerprint density at radius 2 is 1.86 bits per heavy atom. The van der Waals surface area contributed by atoms with Gasteiger partial charge < -0.3 is 5.32 Å². The Kier molecular flexibility index (Phi) is 5.40. The third-order valence-electron chi connectivity index (χ3n) is 4.12. The van der Waals surface area contributed by atoms with Crippen LogP contribution in [-0.2, 0) is 11.3 Å². The molecule has 0 spiro atoms. The molecule has 0 atom stereocenters. The first-order valence-electron chi connectivity index (χ1n) is 8.84. The van der Waals surface area contributed by atoms with Crippen molar-refractivity contribution in [3.63, 3.8) is 0 Å². The zero-order valence-corrected chi connectivity index (χ0v) is 15.8. The van der Waals surface area contributed by atoms with Gasteiger partial charge in [-0.15, -0.1) is 16.4 Å². The maximum atomic E-state index is 12.4. The van der Waals surface area contributed by atoms with E-state index in [1.54, 1.807) is 22.1 Å². The number of hydrogen-bond acceptors (Lipinski definition) is 4. The number of carbonyl (C=O) groups is 1. The number of aromatic nitrogens is 3. The minimum absolute atomic E-state index is 0.207. The lowest BCUT2D eigenvalue weighted by atomic mass is 10.1. The molecule has 28 heavy (non-hydrogen) atoms. The molecule has 0 aliphatic carbocycles. The fourth-order valence-electron chi connectivity index (χ4n) is 2.81. The van der Waals surface area contributed by atoms with Gasteiger partial charge in [-0.05, 0) is 29.2 Å². The molecule has 6 heteroatoms. The van der Waals surface area contributed by atoms with Crippen molar-refractivity contribution in [2.75, 3.05) is 5.32 Å². The number of carbonyl (C=O) groups excluding carboxylic acids is 1. The number of hydrogen-bond donors (Lipinski definition) is 1. The number of benzene rings is 2. The lowest BCUT2D eigenvalue weighted by Crippen LogP contribution is -2.08. The summed E-state index contributed by atoms with van der Waals surface area (Å²) in [5.41, 5.74) is 3.57. The van der Waals surface area contributed by atoms with E-state index >= 15 is 0 Å². The maximum absolute atomic E-state index is 12.4. The number of para-hydroxylation sites is 1. The highest BCUT2D eigenvalue weighted by Crippen LogP contribution is 2.31. The molecule has 2 aromatic heterocycles. The van der Waals surface area contributed by atoms with Gasteiger partial charge in [-0.1, -0.05) is 59.8 Å². The van der Waals surface area contributed by atoms with Gasteiger partial charge in [0.1, 0.15) is 5.69 Å². The topological polar surface area (TPSA) is 59.8 Å². The predicted molar refractivity (Wildman–Crippen MR) is 113 cm³/mol. The molecule has 0 radical (unpaired) electrons. The number of nitrogens with zero attached hydrogens (tertiary/aromatic N) is 3. The smallest absolute Gasteiger partial charge is 0.248 e. The van der Waals surface area contributed by atoms with Gasteiger partial charge >= 0.3 is 0 Å². The predicted octanol–water partition coefficient (Wildman–Crippen LogP) is 4.71. The third-order valence-corrected chi connectivity index (χ3v) is 5.02. The van der Waals surface area contributed by atoms with Crippen LogP contribution in [0.15, 0.2) is 84.4 Å². The van der Waals surface area contributed by atoms with E-state index in [0.717, 1.165) is 21.7 Å². The van der Waals surface area contributed by atoms with Crippen molar-refractivity contribution in [3.05, 3.63) is 95.6 Å². The summed E-state index contributed by atoms with van der Waals surface area (Å²) in [7, 11) is 0. The minimum Gasteiger partial charge on any atom is -0.322 e. The second-order valence-electron chi connectivity index (χ2n) is 6.17. The highest BCUT2D eigenvalue weighted by atomic mass is 32.1. The molecular formula is C22H18N4OS. The molecule has 0 aliphatic heterocycles. The van der Waals surface area contributed by atoms with Crippen LogP contribution >= 0.6 is 11.3 Å². The second kappa shape index (κ2) is 8.45. The first-order valence-corrected chi connectivity index (χ1v) is 9.72. The summed E-state index contributed by atoms with van der Waals surface area (Å²) in [5, 5.41) is 13.2. The van der Waals surface area contributed by atoms with Crippen molar-refractivity contribution in [3.8, 4) is 10.4 Å². The molecule has 0 saturated heterocycles. The fraction of sp³-hybridized carbons (Fsp3) is 0.0455. The van der Waals surface area contributed by atoms with Gasteiger partial charge in [0, 0.05) is 22.2 Å². The van der Waals surface area contributed by atoms with E-state index in [2.05, 4.69) is 15.6 Å². The molecule has 2 heterocycles. The second-order valence-corrected chi connectivity index (χ2v) is 7.12. The van der Waals surface area contributed by atoms with Gasteiger partial charge in [-0.3, -0.25) is 4.79 Å². The van der Waals surface area contributed by atoms with Crippen LogP contribution in [0.25, 0.3) is 16.5 Å². The monoisotopic (exact) mass is 386 g/mol. The van der Waals surface area contributed by atoms with E-state index in [1.807, 2.05) is 78.3 Å². The molecule has 0 bridgehead atoms. The van der Waals surface area contributed by atoms with E-state index in [0.29, 0.717) is 12.2 Å². The molecule has 0 unspecified atom stereocenters. The van der Waals surface area contributed by atoms with Crippen LogP contribution in [0.3, 0.4) is 0 Å². The zero-order chi connectivity index (χ0) is 19.2. The molecule has 1 amide bonds. The Bertz CT molecular complexity index is 1080. The Balaban J connectivity index is 1.42. The molecule has 1 N–H and O–H groups in total.